The van der Waals surface area contributed by atoms with Crippen molar-refractivity contribution in [3.63, 3.8) is 0 Å². The first kappa shape index (κ1) is 11.4. The van der Waals surface area contributed by atoms with Crippen LogP contribution in [0.3, 0.4) is 0 Å². The Balaban J connectivity index is 1.84. The number of amides is 1. The van der Waals surface area contributed by atoms with Crippen LogP contribution in [0.5, 0.6) is 0 Å². The third kappa shape index (κ3) is 2.35. The molecule has 0 unspecified atom stereocenters. The molecule has 0 radical (unpaired) electrons. The van der Waals surface area contributed by atoms with Gasteiger partial charge in [-0.2, -0.15) is 0 Å². The van der Waals surface area contributed by atoms with Crippen LogP contribution in [0.1, 0.15) is 38.5 Å². The van der Waals surface area contributed by atoms with Gasteiger partial charge in [-0.3, -0.25) is 9.59 Å². The molecule has 2 fully saturated rings. The third-order valence-corrected chi connectivity index (χ3v) is 3.60. The SMILES string of the molecule is NC1(C(=O)O)CCC(C(=O)NC2CC2)CC1. The monoisotopic (exact) mass is 226 g/mol. The quantitative estimate of drug-likeness (QED) is 0.642. The summed E-state index contributed by atoms with van der Waals surface area (Å²) in [5.74, 6) is -0.917. The summed E-state index contributed by atoms with van der Waals surface area (Å²) >= 11 is 0. The summed E-state index contributed by atoms with van der Waals surface area (Å²) in [5.41, 5.74) is 4.63. The van der Waals surface area contributed by atoms with Crippen LogP contribution in [0, 0.1) is 5.92 Å². The van der Waals surface area contributed by atoms with E-state index in [9.17, 15) is 9.59 Å². The summed E-state index contributed by atoms with van der Waals surface area (Å²) in [5, 5.41) is 11.9. The Morgan fingerprint density at radius 1 is 1.19 bits per heavy atom. The van der Waals surface area contributed by atoms with Crippen molar-refractivity contribution in [2.75, 3.05) is 0 Å². The third-order valence-electron chi connectivity index (χ3n) is 3.60. The van der Waals surface area contributed by atoms with E-state index in [-0.39, 0.29) is 11.8 Å². The van der Waals surface area contributed by atoms with E-state index in [2.05, 4.69) is 5.32 Å². The van der Waals surface area contributed by atoms with E-state index in [1.807, 2.05) is 0 Å². The summed E-state index contributed by atoms with van der Waals surface area (Å²) < 4.78 is 0. The van der Waals surface area contributed by atoms with Gasteiger partial charge in [-0.15, -0.1) is 0 Å². The van der Waals surface area contributed by atoms with Crippen molar-refractivity contribution in [3.8, 4) is 0 Å². The van der Waals surface area contributed by atoms with E-state index in [0.717, 1.165) is 12.8 Å². The van der Waals surface area contributed by atoms with E-state index in [0.29, 0.717) is 31.7 Å². The van der Waals surface area contributed by atoms with Crippen LogP contribution in [0.2, 0.25) is 0 Å². The van der Waals surface area contributed by atoms with E-state index in [1.54, 1.807) is 0 Å². The number of carboxylic acid groups (broad SMARTS) is 1. The van der Waals surface area contributed by atoms with Crippen molar-refractivity contribution in [2.45, 2.75) is 50.1 Å². The van der Waals surface area contributed by atoms with Gasteiger partial charge in [-0.05, 0) is 38.5 Å². The van der Waals surface area contributed by atoms with Gasteiger partial charge in [-0.1, -0.05) is 0 Å². The lowest BCUT2D eigenvalue weighted by Gasteiger charge is -2.32. The van der Waals surface area contributed by atoms with Crippen molar-refractivity contribution in [2.24, 2.45) is 11.7 Å². The van der Waals surface area contributed by atoms with Gasteiger partial charge >= 0.3 is 5.97 Å². The van der Waals surface area contributed by atoms with Gasteiger partial charge in [0.05, 0.1) is 0 Å². The van der Waals surface area contributed by atoms with Crippen LogP contribution in [0.4, 0.5) is 0 Å². The average Bonchev–Trinajstić information content (AvgIpc) is 3.02. The fourth-order valence-electron chi connectivity index (χ4n) is 2.16. The smallest absolute Gasteiger partial charge is 0.323 e. The molecule has 0 bridgehead atoms. The zero-order valence-electron chi connectivity index (χ0n) is 9.24. The van der Waals surface area contributed by atoms with Gasteiger partial charge in [0.2, 0.25) is 5.91 Å². The van der Waals surface area contributed by atoms with Crippen LogP contribution in [-0.4, -0.2) is 28.6 Å². The molecule has 1 amide bonds. The Morgan fingerprint density at radius 2 is 1.75 bits per heavy atom. The van der Waals surface area contributed by atoms with Crippen LogP contribution in [-0.2, 0) is 9.59 Å². The highest BCUT2D eigenvalue weighted by Crippen LogP contribution is 2.31. The van der Waals surface area contributed by atoms with Gasteiger partial charge < -0.3 is 16.2 Å². The molecule has 0 atom stereocenters. The molecule has 0 heterocycles. The number of hydrogen-bond acceptors (Lipinski definition) is 3. The highest BCUT2D eigenvalue weighted by molar-refractivity contribution is 5.81. The van der Waals surface area contributed by atoms with E-state index in [1.165, 1.54) is 0 Å². The molecule has 0 aromatic carbocycles. The van der Waals surface area contributed by atoms with Crippen LogP contribution in [0.25, 0.3) is 0 Å². The van der Waals surface area contributed by atoms with Gasteiger partial charge in [0, 0.05) is 12.0 Å². The largest absolute Gasteiger partial charge is 0.480 e. The maximum atomic E-state index is 11.7. The van der Waals surface area contributed by atoms with Crippen molar-refractivity contribution in [1.82, 2.24) is 5.32 Å². The molecule has 4 N–H and O–H groups in total. The normalized spacial score (nSPS) is 34.4. The Bertz CT molecular complexity index is 304. The lowest BCUT2D eigenvalue weighted by molar-refractivity contribution is -0.146. The maximum Gasteiger partial charge on any atom is 0.323 e. The molecule has 0 spiro atoms. The molecule has 16 heavy (non-hydrogen) atoms. The molecule has 0 saturated heterocycles. The predicted octanol–water partition coefficient (Wildman–Crippen LogP) is 0.237. The summed E-state index contributed by atoms with van der Waals surface area (Å²) in [4.78, 5) is 22.6. The molecule has 2 aliphatic rings. The van der Waals surface area contributed by atoms with E-state index >= 15 is 0 Å². The zero-order valence-corrected chi connectivity index (χ0v) is 9.24. The van der Waals surface area contributed by atoms with Gasteiger partial charge in [0.25, 0.3) is 0 Å². The van der Waals surface area contributed by atoms with Crippen LogP contribution in [0.15, 0.2) is 0 Å². The van der Waals surface area contributed by atoms with Crippen molar-refractivity contribution in [1.29, 1.82) is 0 Å². The molecule has 5 nitrogen and oxygen atoms in total. The van der Waals surface area contributed by atoms with Gasteiger partial charge in [0.1, 0.15) is 5.54 Å². The number of carboxylic acids is 1. The number of nitrogens with two attached hydrogens (primary N) is 1. The highest BCUT2D eigenvalue weighted by Gasteiger charge is 2.40. The predicted molar refractivity (Wildman–Crippen MR) is 57.7 cm³/mol. The first-order chi connectivity index (χ1) is 7.51. The van der Waals surface area contributed by atoms with Gasteiger partial charge in [0.15, 0.2) is 0 Å². The number of hydrogen-bond donors (Lipinski definition) is 3. The van der Waals surface area contributed by atoms with Crippen molar-refractivity contribution < 1.29 is 14.7 Å². The summed E-state index contributed by atoms with van der Waals surface area (Å²) in [6.45, 7) is 0. The van der Waals surface area contributed by atoms with E-state index in [4.69, 9.17) is 10.8 Å². The molecule has 0 aromatic heterocycles. The number of carbonyl (C=O) groups is 2. The number of nitrogens with one attached hydrogen (secondary N) is 1. The summed E-state index contributed by atoms with van der Waals surface area (Å²) in [7, 11) is 0. The Morgan fingerprint density at radius 3 is 2.19 bits per heavy atom. The molecule has 0 aliphatic heterocycles. The highest BCUT2D eigenvalue weighted by atomic mass is 16.4. The second-order valence-corrected chi connectivity index (χ2v) is 5.02. The summed E-state index contributed by atoms with van der Waals surface area (Å²) in [6.07, 6.45) is 4.11. The van der Waals surface area contributed by atoms with Gasteiger partial charge in [-0.25, -0.2) is 0 Å². The van der Waals surface area contributed by atoms with Crippen molar-refractivity contribution in [3.05, 3.63) is 0 Å². The Hall–Kier alpha value is -1.10. The van der Waals surface area contributed by atoms with Crippen LogP contribution < -0.4 is 11.1 Å². The Labute approximate surface area is 94.4 Å². The molecule has 2 aliphatic carbocycles. The second kappa shape index (κ2) is 4.05. The first-order valence-corrected chi connectivity index (χ1v) is 5.84. The number of rotatable bonds is 3. The second-order valence-electron chi connectivity index (χ2n) is 5.02. The Kier molecular flexibility index (Phi) is 2.88. The topological polar surface area (TPSA) is 92.4 Å². The maximum absolute atomic E-state index is 11.7. The molecular formula is C11H18N2O3. The van der Waals surface area contributed by atoms with E-state index < -0.39 is 11.5 Å². The standard InChI is InChI=1S/C11H18N2O3/c12-11(10(15)16)5-3-7(4-6-11)9(14)13-8-1-2-8/h7-8H,1-6,12H2,(H,13,14)(H,15,16). The molecule has 0 aromatic rings. The van der Waals surface area contributed by atoms with Crippen molar-refractivity contribution >= 4 is 11.9 Å². The minimum Gasteiger partial charge on any atom is -0.480 e. The average molecular weight is 226 g/mol. The van der Waals surface area contributed by atoms with Crippen LogP contribution >= 0.6 is 0 Å². The lowest BCUT2D eigenvalue weighted by atomic mass is 9.77. The number of aliphatic carboxylic acids is 1. The lowest BCUT2D eigenvalue weighted by Crippen LogP contribution is -2.51. The molecular weight excluding hydrogens is 208 g/mol. The minimum absolute atomic E-state index is 0.0448. The molecule has 2 saturated carbocycles. The molecule has 90 valence electrons. The number of carbonyl (C=O) groups excluding carboxylic acids is 1. The fraction of sp³-hybridized carbons (Fsp3) is 0.818. The summed E-state index contributed by atoms with van der Waals surface area (Å²) in [6, 6.07) is 0.372. The molecule has 2 rings (SSSR count). The molecule has 5 heteroatoms. The minimum atomic E-state index is -1.11. The fourth-order valence-corrected chi connectivity index (χ4v) is 2.16. The first-order valence-electron chi connectivity index (χ1n) is 5.84. The zero-order chi connectivity index (χ0) is 11.8.